The number of aromatic nitrogens is 1. The van der Waals surface area contributed by atoms with E-state index < -0.39 is 0 Å². The summed E-state index contributed by atoms with van der Waals surface area (Å²) >= 11 is 0. The summed E-state index contributed by atoms with van der Waals surface area (Å²) in [7, 11) is 0. The molecule has 3 N–H and O–H groups in total. The van der Waals surface area contributed by atoms with Crippen molar-refractivity contribution in [1.82, 2.24) is 4.98 Å². The molecule has 0 fully saturated rings. The summed E-state index contributed by atoms with van der Waals surface area (Å²) in [6.45, 7) is 0. The molecule has 0 aliphatic heterocycles. The largest absolute Gasteiger partial charge is 0.322 e. The molecule has 1 heterocycles. The number of hydrazine groups is 1. The Kier molecular flexibility index (Phi) is 2.33. The number of hydrogen-bond acceptors (Lipinski definition) is 4. The first kappa shape index (κ1) is 10.5. The zero-order valence-corrected chi connectivity index (χ0v) is 9.51. The molecule has 2 aromatic carbocycles. The fraction of sp³-hybridized carbons (Fsp3) is 0. The molecule has 0 amide bonds. The number of benzene rings is 2. The van der Waals surface area contributed by atoms with Crippen LogP contribution < -0.4 is 11.3 Å². The van der Waals surface area contributed by atoms with Crippen molar-refractivity contribution in [3.05, 3.63) is 48.2 Å². The molecular weight excluding hydrogens is 224 g/mol. The van der Waals surface area contributed by atoms with E-state index in [9.17, 15) is 0 Å². The number of nitriles is 1. The number of fused-ring (bicyclic) bond motifs is 3. The van der Waals surface area contributed by atoms with Crippen LogP contribution in [0.3, 0.4) is 0 Å². The molecule has 3 aromatic rings. The third-order valence-electron chi connectivity index (χ3n) is 3.03. The number of nitrogens with one attached hydrogen (secondary N) is 1. The Hall–Kier alpha value is -2.64. The standard InChI is InChI=1S/C14H10N4/c15-7-10-8-17-14-11-4-2-1-3-9(11)5-6-12(14)13(10)18-16/h1-6,8H,16H2,(H,17,18). The SMILES string of the molecule is N#Cc1cnc2c(ccc3ccccc32)c1NN. The molecule has 1 aromatic heterocycles. The smallest absolute Gasteiger partial charge is 0.103 e. The predicted octanol–water partition coefficient (Wildman–Crippen LogP) is 2.55. The molecule has 0 unspecified atom stereocenters. The number of nitrogens with two attached hydrogens (primary N) is 1. The van der Waals surface area contributed by atoms with Gasteiger partial charge in [-0.2, -0.15) is 5.26 Å². The van der Waals surface area contributed by atoms with Crippen molar-refractivity contribution in [1.29, 1.82) is 5.26 Å². The molecule has 0 saturated carbocycles. The fourth-order valence-electron chi connectivity index (χ4n) is 2.17. The van der Waals surface area contributed by atoms with Gasteiger partial charge in [-0.3, -0.25) is 10.8 Å². The normalized spacial score (nSPS) is 10.4. The van der Waals surface area contributed by atoms with Gasteiger partial charge in [0.2, 0.25) is 0 Å². The average Bonchev–Trinajstić information content (AvgIpc) is 2.45. The average molecular weight is 234 g/mol. The lowest BCUT2D eigenvalue weighted by molar-refractivity contribution is 1.31. The number of hydrogen-bond donors (Lipinski definition) is 2. The molecule has 0 saturated heterocycles. The maximum Gasteiger partial charge on any atom is 0.103 e. The first-order valence-electron chi connectivity index (χ1n) is 5.52. The Morgan fingerprint density at radius 1 is 1.11 bits per heavy atom. The molecule has 0 aliphatic rings. The predicted molar refractivity (Wildman–Crippen MR) is 71.8 cm³/mol. The van der Waals surface area contributed by atoms with Crippen LogP contribution in [0.25, 0.3) is 21.7 Å². The van der Waals surface area contributed by atoms with E-state index in [-0.39, 0.29) is 0 Å². The van der Waals surface area contributed by atoms with Gasteiger partial charge in [0, 0.05) is 17.0 Å². The van der Waals surface area contributed by atoms with Crippen molar-refractivity contribution < 1.29 is 0 Å². The first-order chi connectivity index (χ1) is 8.85. The Bertz CT molecular complexity index is 787. The van der Waals surface area contributed by atoms with Crippen LogP contribution in [0.1, 0.15) is 5.56 Å². The Morgan fingerprint density at radius 2 is 1.94 bits per heavy atom. The van der Waals surface area contributed by atoms with Gasteiger partial charge in [0.25, 0.3) is 0 Å². The van der Waals surface area contributed by atoms with Crippen molar-refractivity contribution in [2.45, 2.75) is 0 Å². The van der Waals surface area contributed by atoms with E-state index in [1.165, 1.54) is 0 Å². The summed E-state index contributed by atoms with van der Waals surface area (Å²) in [5, 5.41) is 12.1. The summed E-state index contributed by atoms with van der Waals surface area (Å²) in [6, 6.07) is 14.0. The maximum atomic E-state index is 9.04. The highest BCUT2D eigenvalue weighted by atomic mass is 15.2. The van der Waals surface area contributed by atoms with Crippen LogP contribution in [0, 0.1) is 11.3 Å². The highest BCUT2D eigenvalue weighted by Gasteiger charge is 2.09. The van der Waals surface area contributed by atoms with Gasteiger partial charge in [-0.25, -0.2) is 0 Å². The lowest BCUT2D eigenvalue weighted by atomic mass is 10.0. The molecule has 4 heteroatoms. The molecule has 0 bridgehead atoms. The van der Waals surface area contributed by atoms with Gasteiger partial charge in [-0.15, -0.1) is 0 Å². The second-order valence-electron chi connectivity index (χ2n) is 3.99. The summed E-state index contributed by atoms with van der Waals surface area (Å²) in [5.74, 6) is 5.51. The second kappa shape index (κ2) is 3.99. The quantitative estimate of drug-likeness (QED) is 0.385. The molecule has 0 spiro atoms. The highest BCUT2D eigenvalue weighted by molar-refractivity contribution is 6.09. The molecule has 3 rings (SSSR count). The van der Waals surface area contributed by atoms with E-state index in [0.717, 1.165) is 21.7 Å². The number of anilines is 1. The van der Waals surface area contributed by atoms with Crippen LogP contribution in [0.4, 0.5) is 5.69 Å². The molecule has 0 atom stereocenters. The van der Waals surface area contributed by atoms with Crippen LogP contribution in [-0.4, -0.2) is 4.98 Å². The van der Waals surface area contributed by atoms with E-state index in [0.29, 0.717) is 11.3 Å². The van der Waals surface area contributed by atoms with Crippen molar-refractivity contribution in [3.63, 3.8) is 0 Å². The maximum absolute atomic E-state index is 9.04. The van der Waals surface area contributed by atoms with Crippen molar-refractivity contribution in [2.24, 2.45) is 5.84 Å². The van der Waals surface area contributed by atoms with Gasteiger partial charge in [0.1, 0.15) is 6.07 Å². The van der Waals surface area contributed by atoms with E-state index in [2.05, 4.69) is 16.5 Å². The van der Waals surface area contributed by atoms with Gasteiger partial charge in [-0.1, -0.05) is 30.3 Å². The van der Waals surface area contributed by atoms with E-state index >= 15 is 0 Å². The Labute approximate surface area is 104 Å². The molecule has 0 radical (unpaired) electrons. The third-order valence-corrected chi connectivity index (χ3v) is 3.03. The van der Waals surface area contributed by atoms with Crippen molar-refractivity contribution in [2.75, 3.05) is 5.43 Å². The van der Waals surface area contributed by atoms with Crippen molar-refractivity contribution >= 4 is 27.4 Å². The van der Waals surface area contributed by atoms with Crippen LogP contribution in [0.2, 0.25) is 0 Å². The molecular formula is C14H10N4. The van der Waals surface area contributed by atoms with Crippen molar-refractivity contribution in [3.8, 4) is 6.07 Å². The second-order valence-corrected chi connectivity index (χ2v) is 3.99. The number of nitrogen functional groups attached to an aromatic ring is 1. The zero-order valence-electron chi connectivity index (χ0n) is 9.51. The summed E-state index contributed by atoms with van der Waals surface area (Å²) < 4.78 is 0. The van der Waals surface area contributed by atoms with Crippen LogP contribution in [0.15, 0.2) is 42.6 Å². The summed E-state index contributed by atoms with van der Waals surface area (Å²) in [6.07, 6.45) is 1.55. The number of pyridine rings is 1. The number of nitrogens with zero attached hydrogens (tertiary/aromatic N) is 2. The van der Waals surface area contributed by atoms with E-state index in [4.69, 9.17) is 11.1 Å². The first-order valence-corrected chi connectivity index (χ1v) is 5.52. The number of rotatable bonds is 1. The van der Waals surface area contributed by atoms with Gasteiger partial charge >= 0.3 is 0 Å². The summed E-state index contributed by atoms with van der Waals surface area (Å²) in [4.78, 5) is 4.37. The van der Waals surface area contributed by atoms with E-state index in [1.54, 1.807) is 6.20 Å². The highest BCUT2D eigenvalue weighted by Crippen LogP contribution is 2.30. The topological polar surface area (TPSA) is 74.7 Å². The monoisotopic (exact) mass is 234 g/mol. The Balaban J connectivity index is 2.51. The summed E-state index contributed by atoms with van der Waals surface area (Å²) in [5.41, 5.74) is 4.50. The molecule has 18 heavy (non-hydrogen) atoms. The molecule has 0 aliphatic carbocycles. The fourth-order valence-corrected chi connectivity index (χ4v) is 2.17. The van der Waals surface area contributed by atoms with Gasteiger partial charge in [0.05, 0.1) is 16.8 Å². The third kappa shape index (κ3) is 1.39. The van der Waals surface area contributed by atoms with E-state index in [1.807, 2.05) is 36.4 Å². The minimum absolute atomic E-state index is 0.445. The molecule has 86 valence electrons. The minimum Gasteiger partial charge on any atom is -0.322 e. The van der Waals surface area contributed by atoms with Gasteiger partial charge in [0.15, 0.2) is 0 Å². The van der Waals surface area contributed by atoms with Crippen LogP contribution in [-0.2, 0) is 0 Å². The lowest BCUT2D eigenvalue weighted by Gasteiger charge is -2.09. The molecule has 4 nitrogen and oxygen atoms in total. The lowest BCUT2D eigenvalue weighted by Crippen LogP contribution is -2.09. The van der Waals surface area contributed by atoms with Gasteiger partial charge < -0.3 is 5.43 Å². The van der Waals surface area contributed by atoms with Gasteiger partial charge in [-0.05, 0) is 11.5 Å². The minimum atomic E-state index is 0.445. The van der Waals surface area contributed by atoms with Crippen LogP contribution in [0.5, 0.6) is 0 Å². The van der Waals surface area contributed by atoms with Crippen LogP contribution >= 0.6 is 0 Å². The zero-order chi connectivity index (χ0) is 12.5. The Morgan fingerprint density at radius 3 is 2.72 bits per heavy atom.